The second kappa shape index (κ2) is 6.70. The van der Waals surface area contributed by atoms with Gasteiger partial charge in [-0.1, -0.05) is 32.8 Å². The Balaban J connectivity index is 2.88. The highest BCUT2D eigenvalue weighted by Crippen LogP contribution is 2.29. The van der Waals surface area contributed by atoms with Crippen LogP contribution in [0.3, 0.4) is 0 Å². The summed E-state index contributed by atoms with van der Waals surface area (Å²) < 4.78 is 26.4. The van der Waals surface area contributed by atoms with Crippen molar-refractivity contribution >= 4 is 0 Å². The highest BCUT2D eigenvalue weighted by molar-refractivity contribution is 5.22. The minimum atomic E-state index is -0.555. The quantitative estimate of drug-likeness (QED) is 0.794. The lowest BCUT2D eigenvalue weighted by molar-refractivity contribution is 0.360. The lowest BCUT2D eigenvalue weighted by Crippen LogP contribution is -2.22. The molecule has 0 radical (unpaired) electrons. The normalized spacial score (nSPS) is 13.1. The fourth-order valence-electron chi connectivity index (χ4n) is 2.27. The van der Waals surface area contributed by atoms with Crippen LogP contribution in [0.5, 0.6) is 0 Å². The van der Waals surface area contributed by atoms with Gasteiger partial charge in [0.1, 0.15) is 11.6 Å². The van der Waals surface area contributed by atoms with E-state index in [0.29, 0.717) is 5.56 Å². The number of hydrogen-bond donors (Lipinski definition) is 1. The van der Waals surface area contributed by atoms with Crippen LogP contribution in [-0.4, -0.2) is 0 Å². The molecule has 96 valence electrons. The Bertz CT molecular complexity index is 346. The zero-order chi connectivity index (χ0) is 12.8. The topological polar surface area (TPSA) is 26.0 Å². The van der Waals surface area contributed by atoms with Crippen molar-refractivity contribution < 1.29 is 8.78 Å². The molecule has 17 heavy (non-hydrogen) atoms. The maximum absolute atomic E-state index is 13.6. The first-order valence-corrected chi connectivity index (χ1v) is 6.30. The van der Waals surface area contributed by atoms with Gasteiger partial charge in [0, 0.05) is 17.7 Å². The zero-order valence-electron chi connectivity index (χ0n) is 10.5. The molecule has 0 fully saturated rings. The van der Waals surface area contributed by atoms with Crippen LogP contribution in [0, 0.1) is 17.6 Å². The second-order valence-corrected chi connectivity index (χ2v) is 4.53. The summed E-state index contributed by atoms with van der Waals surface area (Å²) in [7, 11) is 0. The van der Waals surface area contributed by atoms with Crippen LogP contribution in [-0.2, 0) is 0 Å². The minimum absolute atomic E-state index is 0.268. The van der Waals surface area contributed by atoms with Gasteiger partial charge in [-0.15, -0.1) is 0 Å². The molecule has 0 heterocycles. The van der Waals surface area contributed by atoms with Crippen molar-refractivity contribution in [2.24, 2.45) is 11.7 Å². The first-order valence-electron chi connectivity index (χ1n) is 6.30. The van der Waals surface area contributed by atoms with Crippen molar-refractivity contribution in [3.63, 3.8) is 0 Å². The molecule has 0 saturated carbocycles. The van der Waals surface area contributed by atoms with E-state index >= 15 is 0 Å². The maximum Gasteiger partial charge on any atom is 0.130 e. The van der Waals surface area contributed by atoms with E-state index < -0.39 is 11.6 Å². The van der Waals surface area contributed by atoms with Crippen molar-refractivity contribution in [2.45, 2.75) is 45.6 Å². The van der Waals surface area contributed by atoms with Crippen LogP contribution in [0.25, 0.3) is 0 Å². The summed E-state index contributed by atoms with van der Waals surface area (Å²) in [5.41, 5.74) is 6.53. The minimum Gasteiger partial charge on any atom is -0.324 e. The fourth-order valence-corrected chi connectivity index (χ4v) is 2.27. The molecule has 0 aromatic heterocycles. The van der Waals surface area contributed by atoms with Gasteiger partial charge in [-0.3, -0.25) is 0 Å². The SMILES string of the molecule is CCCC(CCC)C(N)c1ccc(F)cc1F. The number of halogens is 2. The molecule has 1 unspecified atom stereocenters. The lowest BCUT2D eigenvalue weighted by atomic mass is 9.86. The Morgan fingerprint density at radius 2 is 1.71 bits per heavy atom. The summed E-state index contributed by atoms with van der Waals surface area (Å²) in [6.07, 6.45) is 4.01. The smallest absolute Gasteiger partial charge is 0.130 e. The van der Waals surface area contributed by atoms with Crippen molar-refractivity contribution in [3.05, 3.63) is 35.4 Å². The van der Waals surface area contributed by atoms with Crippen LogP contribution in [0.15, 0.2) is 18.2 Å². The molecule has 0 amide bonds. The number of benzene rings is 1. The summed E-state index contributed by atoms with van der Waals surface area (Å²) >= 11 is 0. The number of hydrogen-bond acceptors (Lipinski definition) is 1. The molecule has 0 spiro atoms. The molecule has 0 aliphatic carbocycles. The molecule has 0 aliphatic heterocycles. The first kappa shape index (κ1) is 14.1. The molecular weight excluding hydrogens is 220 g/mol. The second-order valence-electron chi connectivity index (χ2n) is 4.53. The highest BCUT2D eigenvalue weighted by Gasteiger charge is 2.21. The van der Waals surface area contributed by atoms with Crippen LogP contribution in [0.2, 0.25) is 0 Å². The zero-order valence-corrected chi connectivity index (χ0v) is 10.5. The van der Waals surface area contributed by atoms with E-state index in [-0.39, 0.29) is 12.0 Å². The molecule has 0 saturated heterocycles. The molecule has 0 aliphatic rings. The average Bonchev–Trinajstić information content (AvgIpc) is 2.28. The molecule has 0 bridgehead atoms. The van der Waals surface area contributed by atoms with Gasteiger partial charge in [0.2, 0.25) is 0 Å². The van der Waals surface area contributed by atoms with Gasteiger partial charge in [-0.05, 0) is 24.8 Å². The monoisotopic (exact) mass is 241 g/mol. The third-order valence-corrected chi connectivity index (χ3v) is 3.15. The van der Waals surface area contributed by atoms with Gasteiger partial charge < -0.3 is 5.73 Å². The Morgan fingerprint density at radius 3 is 2.18 bits per heavy atom. The van der Waals surface area contributed by atoms with E-state index in [1.54, 1.807) is 0 Å². The van der Waals surface area contributed by atoms with Crippen molar-refractivity contribution in [2.75, 3.05) is 0 Å². The fraction of sp³-hybridized carbons (Fsp3) is 0.571. The van der Waals surface area contributed by atoms with E-state index in [4.69, 9.17) is 5.73 Å². The van der Waals surface area contributed by atoms with E-state index in [0.717, 1.165) is 31.7 Å². The number of nitrogens with two attached hydrogens (primary N) is 1. The third kappa shape index (κ3) is 3.77. The summed E-state index contributed by atoms with van der Waals surface area (Å²) in [5, 5.41) is 0. The van der Waals surface area contributed by atoms with Gasteiger partial charge >= 0.3 is 0 Å². The molecule has 2 N–H and O–H groups in total. The van der Waals surface area contributed by atoms with Crippen LogP contribution < -0.4 is 5.73 Å². The molecule has 3 heteroatoms. The number of rotatable bonds is 6. The van der Waals surface area contributed by atoms with E-state index in [1.807, 2.05) is 0 Å². The Kier molecular flexibility index (Phi) is 5.56. The highest BCUT2D eigenvalue weighted by atomic mass is 19.1. The van der Waals surface area contributed by atoms with Crippen molar-refractivity contribution in [1.82, 2.24) is 0 Å². The molecule has 1 atom stereocenters. The van der Waals surface area contributed by atoms with Crippen LogP contribution in [0.4, 0.5) is 8.78 Å². The predicted molar refractivity (Wildman–Crippen MR) is 66.6 cm³/mol. The van der Waals surface area contributed by atoms with Crippen molar-refractivity contribution in [3.8, 4) is 0 Å². The standard InChI is InChI=1S/C14H21F2N/c1-3-5-10(6-4-2)14(17)12-8-7-11(15)9-13(12)16/h7-10,14H,3-6,17H2,1-2H3. The molecule has 1 rings (SSSR count). The summed E-state index contributed by atoms with van der Waals surface area (Å²) in [5.74, 6) is -0.819. The van der Waals surface area contributed by atoms with Gasteiger partial charge in [0.15, 0.2) is 0 Å². The van der Waals surface area contributed by atoms with E-state index in [1.165, 1.54) is 12.1 Å². The maximum atomic E-state index is 13.6. The molecule has 1 aromatic carbocycles. The summed E-state index contributed by atoms with van der Waals surface area (Å²) in [6.45, 7) is 4.19. The van der Waals surface area contributed by atoms with E-state index in [9.17, 15) is 8.78 Å². The Labute approximate surface area is 102 Å². The average molecular weight is 241 g/mol. The molecule has 1 nitrogen and oxygen atoms in total. The van der Waals surface area contributed by atoms with Gasteiger partial charge in [0.25, 0.3) is 0 Å². The van der Waals surface area contributed by atoms with Crippen LogP contribution in [0.1, 0.15) is 51.1 Å². The third-order valence-electron chi connectivity index (χ3n) is 3.15. The Morgan fingerprint density at radius 1 is 1.12 bits per heavy atom. The van der Waals surface area contributed by atoms with Crippen molar-refractivity contribution in [1.29, 1.82) is 0 Å². The Hall–Kier alpha value is -0.960. The largest absolute Gasteiger partial charge is 0.324 e. The van der Waals surface area contributed by atoms with Gasteiger partial charge in [-0.25, -0.2) is 8.78 Å². The predicted octanol–water partition coefficient (Wildman–Crippen LogP) is 4.18. The summed E-state index contributed by atoms with van der Waals surface area (Å²) in [6, 6.07) is 3.31. The molecular formula is C14H21F2N. The summed E-state index contributed by atoms with van der Waals surface area (Å²) in [4.78, 5) is 0. The van der Waals surface area contributed by atoms with E-state index in [2.05, 4.69) is 13.8 Å². The van der Waals surface area contributed by atoms with Gasteiger partial charge in [-0.2, -0.15) is 0 Å². The lowest BCUT2D eigenvalue weighted by Gasteiger charge is -2.24. The first-order chi connectivity index (χ1) is 8.10. The van der Waals surface area contributed by atoms with Crippen LogP contribution >= 0.6 is 0 Å². The van der Waals surface area contributed by atoms with Gasteiger partial charge in [0.05, 0.1) is 0 Å². The molecule has 1 aromatic rings.